The molecule has 1 amide bonds. The molecule has 0 aliphatic heterocycles. The number of carbonyl (C=O) groups is 1. The number of nitrogens with one attached hydrogen (secondary N) is 1. The lowest BCUT2D eigenvalue weighted by Gasteiger charge is -2.21. The van der Waals surface area contributed by atoms with E-state index in [0.29, 0.717) is 5.56 Å². The Morgan fingerprint density at radius 2 is 1.68 bits per heavy atom. The van der Waals surface area contributed by atoms with Crippen LogP contribution in [0.2, 0.25) is 0 Å². The van der Waals surface area contributed by atoms with Gasteiger partial charge in [-0.2, -0.15) is 4.31 Å². The number of sulfonamides is 1. The highest BCUT2D eigenvalue weighted by Gasteiger charge is 2.23. The van der Waals surface area contributed by atoms with Crippen molar-refractivity contribution in [3.05, 3.63) is 108 Å². The maximum atomic E-state index is 13.0. The molecule has 0 atom stereocenters. The number of nitrogens with zero attached hydrogens (tertiary/aromatic N) is 1. The molecule has 0 aromatic heterocycles. The fourth-order valence-corrected chi connectivity index (χ4v) is 4.67. The lowest BCUT2D eigenvalue weighted by molar-refractivity contribution is 0.102. The van der Waals surface area contributed by atoms with Gasteiger partial charge in [0.05, 0.1) is 4.90 Å². The Balaban J connectivity index is 1.75. The first-order valence-electron chi connectivity index (χ1n) is 9.95. The third-order valence-electron chi connectivity index (χ3n) is 4.92. The molecule has 0 unspecified atom stereocenters. The zero-order valence-corrected chi connectivity index (χ0v) is 18.5. The standard InChI is InChI=1S/C25H26N2O3S/c1-4-16-27(31(29,30)23-8-6-5-7-9-23)18-21-11-13-22(14-12-21)25(28)26-24-15-10-19(2)17-20(24)3/h4-15,17H,1,16,18H2,2-3H3,(H,26,28). The van der Waals surface area contributed by atoms with Gasteiger partial charge in [-0.25, -0.2) is 8.42 Å². The molecule has 31 heavy (non-hydrogen) atoms. The summed E-state index contributed by atoms with van der Waals surface area (Å²) >= 11 is 0. The van der Waals surface area contributed by atoms with E-state index < -0.39 is 10.0 Å². The molecule has 3 aromatic carbocycles. The summed E-state index contributed by atoms with van der Waals surface area (Å²) in [5.41, 5.74) is 4.19. The van der Waals surface area contributed by atoms with Crippen LogP contribution in [-0.4, -0.2) is 25.2 Å². The van der Waals surface area contributed by atoms with Crippen molar-refractivity contribution < 1.29 is 13.2 Å². The molecule has 6 heteroatoms. The molecular weight excluding hydrogens is 408 g/mol. The van der Waals surface area contributed by atoms with E-state index in [9.17, 15) is 13.2 Å². The number of carbonyl (C=O) groups excluding carboxylic acids is 1. The number of rotatable bonds is 8. The highest BCUT2D eigenvalue weighted by molar-refractivity contribution is 7.89. The molecule has 3 aromatic rings. The molecule has 5 nitrogen and oxygen atoms in total. The van der Waals surface area contributed by atoms with Crippen molar-refractivity contribution in [2.45, 2.75) is 25.3 Å². The highest BCUT2D eigenvalue weighted by Crippen LogP contribution is 2.20. The maximum absolute atomic E-state index is 13.0. The van der Waals surface area contributed by atoms with Gasteiger partial charge in [0.2, 0.25) is 10.0 Å². The molecule has 0 spiro atoms. The van der Waals surface area contributed by atoms with Gasteiger partial charge in [0.1, 0.15) is 0 Å². The topological polar surface area (TPSA) is 66.5 Å². The summed E-state index contributed by atoms with van der Waals surface area (Å²) in [6.45, 7) is 8.01. The second-order valence-electron chi connectivity index (χ2n) is 7.37. The summed E-state index contributed by atoms with van der Waals surface area (Å²) in [7, 11) is -3.65. The number of hydrogen-bond donors (Lipinski definition) is 1. The molecule has 0 fully saturated rings. The third kappa shape index (κ3) is 5.48. The van der Waals surface area contributed by atoms with Crippen molar-refractivity contribution in [3.8, 4) is 0 Å². The molecule has 0 heterocycles. The first-order valence-corrected chi connectivity index (χ1v) is 11.4. The summed E-state index contributed by atoms with van der Waals surface area (Å²) in [5, 5.41) is 2.92. The minimum absolute atomic E-state index is 0.183. The van der Waals surface area contributed by atoms with Gasteiger partial charge in [-0.1, -0.05) is 54.1 Å². The van der Waals surface area contributed by atoms with E-state index in [4.69, 9.17) is 0 Å². The van der Waals surface area contributed by atoms with E-state index in [-0.39, 0.29) is 23.9 Å². The van der Waals surface area contributed by atoms with E-state index in [1.165, 1.54) is 4.31 Å². The van der Waals surface area contributed by atoms with Crippen LogP contribution in [-0.2, 0) is 16.6 Å². The van der Waals surface area contributed by atoms with E-state index in [1.54, 1.807) is 60.7 Å². The number of hydrogen-bond acceptors (Lipinski definition) is 3. The maximum Gasteiger partial charge on any atom is 0.255 e. The predicted octanol–water partition coefficient (Wildman–Crippen LogP) is 4.93. The summed E-state index contributed by atoms with van der Waals surface area (Å²) in [6, 6.07) is 21.1. The van der Waals surface area contributed by atoms with Crippen LogP contribution in [0.25, 0.3) is 0 Å². The van der Waals surface area contributed by atoms with Gasteiger partial charge in [-0.3, -0.25) is 4.79 Å². The first-order chi connectivity index (χ1) is 14.8. The normalized spacial score (nSPS) is 11.3. The number of benzene rings is 3. The second-order valence-corrected chi connectivity index (χ2v) is 9.31. The fraction of sp³-hybridized carbons (Fsp3) is 0.160. The average Bonchev–Trinajstić information content (AvgIpc) is 2.76. The van der Waals surface area contributed by atoms with E-state index >= 15 is 0 Å². The quantitative estimate of drug-likeness (QED) is 0.511. The zero-order chi connectivity index (χ0) is 22.4. The summed E-state index contributed by atoms with van der Waals surface area (Å²) < 4.78 is 27.3. The van der Waals surface area contributed by atoms with E-state index in [0.717, 1.165) is 22.4 Å². The lowest BCUT2D eigenvalue weighted by Crippen LogP contribution is -2.30. The average molecular weight is 435 g/mol. The molecule has 1 N–H and O–H groups in total. The van der Waals surface area contributed by atoms with Crippen LogP contribution in [0, 0.1) is 13.8 Å². The lowest BCUT2D eigenvalue weighted by atomic mass is 10.1. The summed E-state index contributed by atoms with van der Waals surface area (Å²) in [5.74, 6) is -0.210. The Bertz CT molecular complexity index is 1170. The summed E-state index contributed by atoms with van der Waals surface area (Å²) in [6.07, 6.45) is 1.56. The van der Waals surface area contributed by atoms with Gasteiger partial charge < -0.3 is 5.32 Å². The van der Waals surface area contributed by atoms with Crippen LogP contribution in [0.1, 0.15) is 27.0 Å². The molecule has 0 radical (unpaired) electrons. The second kappa shape index (κ2) is 9.73. The van der Waals surface area contributed by atoms with Crippen LogP contribution >= 0.6 is 0 Å². The molecule has 0 aliphatic carbocycles. The van der Waals surface area contributed by atoms with Crippen LogP contribution in [0.3, 0.4) is 0 Å². The zero-order valence-electron chi connectivity index (χ0n) is 17.7. The first kappa shape index (κ1) is 22.5. The molecule has 0 bridgehead atoms. The molecular formula is C25H26N2O3S. The van der Waals surface area contributed by atoms with Crippen LogP contribution in [0.5, 0.6) is 0 Å². The largest absolute Gasteiger partial charge is 0.322 e. The van der Waals surface area contributed by atoms with Gasteiger partial charge in [0.25, 0.3) is 5.91 Å². The Morgan fingerprint density at radius 1 is 1.00 bits per heavy atom. The van der Waals surface area contributed by atoms with Crippen molar-refractivity contribution in [2.75, 3.05) is 11.9 Å². The van der Waals surface area contributed by atoms with E-state index in [2.05, 4.69) is 11.9 Å². The van der Waals surface area contributed by atoms with Crippen molar-refractivity contribution in [2.24, 2.45) is 0 Å². The highest BCUT2D eigenvalue weighted by atomic mass is 32.2. The Labute approximate surface area is 184 Å². The third-order valence-corrected chi connectivity index (χ3v) is 6.74. The number of anilines is 1. The number of aryl methyl sites for hydroxylation is 2. The van der Waals surface area contributed by atoms with Crippen LogP contribution in [0.4, 0.5) is 5.69 Å². The van der Waals surface area contributed by atoms with Crippen molar-refractivity contribution >= 4 is 21.6 Å². The molecule has 0 aliphatic rings. The Hall–Kier alpha value is -3.22. The minimum Gasteiger partial charge on any atom is -0.322 e. The Morgan fingerprint density at radius 3 is 2.29 bits per heavy atom. The van der Waals surface area contributed by atoms with Gasteiger partial charge in [-0.05, 0) is 55.3 Å². The van der Waals surface area contributed by atoms with Gasteiger partial charge >= 0.3 is 0 Å². The van der Waals surface area contributed by atoms with E-state index in [1.807, 2.05) is 32.0 Å². The van der Waals surface area contributed by atoms with Gasteiger partial charge in [0.15, 0.2) is 0 Å². The number of amides is 1. The Kier molecular flexibility index (Phi) is 7.05. The van der Waals surface area contributed by atoms with Crippen molar-refractivity contribution in [3.63, 3.8) is 0 Å². The molecule has 3 rings (SSSR count). The van der Waals surface area contributed by atoms with Crippen LogP contribution in [0.15, 0.2) is 90.3 Å². The molecule has 160 valence electrons. The molecule has 0 saturated carbocycles. The van der Waals surface area contributed by atoms with Crippen molar-refractivity contribution in [1.29, 1.82) is 0 Å². The smallest absolute Gasteiger partial charge is 0.255 e. The van der Waals surface area contributed by atoms with Crippen molar-refractivity contribution in [1.82, 2.24) is 4.31 Å². The fourth-order valence-electron chi connectivity index (χ4n) is 3.25. The predicted molar refractivity (Wildman–Crippen MR) is 125 cm³/mol. The minimum atomic E-state index is -3.65. The van der Waals surface area contributed by atoms with Gasteiger partial charge in [-0.15, -0.1) is 6.58 Å². The summed E-state index contributed by atoms with van der Waals surface area (Å²) in [4.78, 5) is 12.8. The van der Waals surface area contributed by atoms with Gasteiger partial charge in [0, 0.05) is 24.3 Å². The monoisotopic (exact) mass is 434 g/mol. The van der Waals surface area contributed by atoms with Crippen LogP contribution < -0.4 is 5.32 Å². The SMILES string of the molecule is C=CCN(Cc1ccc(C(=O)Nc2ccc(C)cc2C)cc1)S(=O)(=O)c1ccccc1. The molecule has 0 saturated heterocycles.